The average Bonchev–Trinajstić information content (AvgIpc) is 2.84. The normalized spacial score (nSPS) is 26.2. The van der Waals surface area contributed by atoms with Crippen LogP contribution in [0.4, 0.5) is 0 Å². The summed E-state index contributed by atoms with van der Waals surface area (Å²) < 4.78 is 5.74. The summed E-state index contributed by atoms with van der Waals surface area (Å²) in [6, 6.07) is 4.28. The molecule has 2 fully saturated rings. The Labute approximate surface area is 199 Å². The van der Waals surface area contributed by atoms with Crippen LogP contribution in [0.2, 0.25) is 0 Å². The van der Waals surface area contributed by atoms with Crippen LogP contribution < -0.4 is 4.74 Å². The highest BCUT2D eigenvalue weighted by molar-refractivity contribution is 5.19. The molecule has 182 valence electrons. The molecule has 0 atom stereocenters. The van der Waals surface area contributed by atoms with Gasteiger partial charge in [0.15, 0.2) is 0 Å². The molecular weight excluding hydrogens is 390 g/mol. The van der Waals surface area contributed by atoms with Gasteiger partial charge in [-0.25, -0.2) is 0 Å². The minimum Gasteiger partial charge on any atom is -0.492 e. The molecule has 0 amide bonds. The van der Waals surface area contributed by atoms with Gasteiger partial charge in [0.25, 0.3) is 0 Å². The van der Waals surface area contributed by atoms with Crippen molar-refractivity contribution in [1.82, 2.24) is 4.98 Å². The van der Waals surface area contributed by atoms with Crippen molar-refractivity contribution >= 4 is 0 Å². The second-order valence-corrected chi connectivity index (χ2v) is 11.1. The van der Waals surface area contributed by atoms with E-state index in [4.69, 9.17) is 4.74 Å². The molecular formula is C30H51NO. The van der Waals surface area contributed by atoms with Crippen LogP contribution >= 0.6 is 0 Å². The topological polar surface area (TPSA) is 22.1 Å². The van der Waals surface area contributed by atoms with Gasteiger partial charge in [-0.1, -0.05) is 110 Å². The van der Waals surface area contributed by atoms with Gasteiger partial charge in [0.1, 0.15) is 5.75 Å². The molecule has 2 saturated carbocycles. The first-order chi connectivity index (χ1) is 15.8. The van der Waals surface area contributed by atoms with E-state index >= 15 is 0 Å². The zero-order valence-electron chi connectivity index (χ0n) is 21.3. The van der Waals surface area contributed by atoms with Gasteiger partial charge in [0, 0.05) is 5.69 Å². The summed E-state index contributed by atoms with van der Waals surface area (Å²) in [7, 11) is 0. The number of nitrogens with zero attached hydrogens (tertiary/aromatic N) is 1. The molecule has 2 aliphatic rings. The van der Waals surface area contributed by atoms with Crippen LogP contribution in [-0.4, -0.2) is 11.6 Å². The summed E-state index contributed by atoms with van der Waals surface area (Å²) in [4.78, 5) is 4.64. The molecule has 1 aromatic rings. The largest absolute Gasteiger partial charge is 0.492 e. The number of aromatic nitrogens is 1. The van der Waals surface area contributed by atoms with E-state index in [0.717, 1.165) is 48.9 Å². The monoisotopic (exact) mass is 441 g/mol. The molecule has 0 saturated heterocycles. The molecule has 0 spiro atoms. The molecule has 1 heterocycles. The van der Waals surface area contributed by atoms with Gasteiger partial charge >= 0.3 is 0 Å². The van der Waals surface area contributed by atoms with E-state index in [-0.39, 0.29) is 0 Å². The Morgan fingerprint density at radius 3 is 1.78 bits per heavy atom. The third kappa shape index (κ3) is 9.44. The van der Waals surface area contributed by atoms with E-state index in [9.17, 15) is 0 Å². The summed E-state index contributed by atoms with van der Waals surface area (Å²) >= 11 is 0. The van der Waals surface area contributed by atoms with Crippen molar-refractivity contribution in [3.05, 3.63) is 24.0 Å². The van der Waals surface area contributed by atoms with Gasteiger partial charge in [-0.3, -0.25) is 4.98 Å². The lowest BCUT2D eigenvalue weighted by molar-refractivity contribution is 0.208. The average molecular weight is 442 g/mol. The molecule has 0 aliphatic heterocycles. The molecule has 0 bridgehead atoms. The van der Waals surface area contributed by atoms with Crippen LogP contribution in [0, 0.1) is 23.7 Å². The number of unbranched alkanes of at least 4 members (excludes halogenated alkanes) is 3. The highest BCUT2D eigenvalue weighted by Gasteiger charge is 2.24. The predicted octanol–water partition coefficient (Wildman–Crippen LogP) is 9.17. The molecule has 32 heavy (non-hydrogen) atoms. The van der Waals surface area contributed by atoms with Crippen molar-refractivity contribution in [2.45, 2.75) is 129 Å². The van der Waals surface area contributed by atoms with Crippen LogP contribution in [0.3, 0.4) is 0 Å². The summed E-state index contributed by atoms with van der Waals surface area (Å²) in [5, 5.41) is 0. The molecule has 0 unspecified atom stereocenters. The number of hydrogen-bond donors (Lipinski definition) is 0. The first kappa shape index (κ1) is 25.6. The third-order valence-corrected chi connectivity index (χ3v) is 8.50. The zero-order chi connectivity index (χ0) is 22.4. The van der Waals surface area contributed by atoms with E-state index < -0.39 is 0 Å². The van der Waals surface area contributed by atoms with Crippen molar-refractivity contribution in [1.29, 1.82) is 0 Å². The lowest BCUT2D eigenvalue weighted by atomic mass is 9.74. The predicted molar refractivity (Wildman–Crippen MR) is 137 cm³/mol. The summed E-state index contributed by atoms with van der Waals surface area (Å²) in [6.07, 6.45) is 27.5. The fourth-order valence-corrected chi connectivity index (χ4v) is 6.10. The van der Waals surface area contributed by atoms with E-state index in [1.807, 2.05) is 6.20 Å². The maximum Gasteiger partial charge on any atom is 0.137 e. The first-order valence-corrected chi connectivity index (χ1v) is 14.3. The van der Waals surface area contributed by atoms with Crippen molar-refractivity contribution in [2.24, 2.45) is 23.7 Å². The van der Waals surface area contributed by atoms with E-state index in [1.54, 1.807) is 0 Å². The van der Waals surface area contributed by atoms with Gasteiger partial charge in [0.2, 0.25) is 0 Å². The van der Waals surface area contributed by atoms with E-state index in [0.29, 0.717) is 0 Å². The summed E-state index contributed by atoms with van der Waals surface area (Å²) in [6.45, 7) is 5.32. The lowest BCUT2D eigenvalue weighted by Gasteiger charge is -2.32. The number of rotatable bonds is 14. The smallest absolute Gasteiger partial charge is 0.137 e. The number of hydrogen-bond acceptors (Lipinski definition) is 2. The zero-order valence-corrected chi connectivity index (χ0v) is 21.3. The summed E-state index contributed by atoms with van der Waals surface area (Å²) in [5.41, 5.74) is 1.24. The van der Waals surface area contributed by atoms with Gasteiger partial charge in [0.05, 0.1) is 12.8 Å². The molecule has 2 heteroatoms. The SMILES string of the molecule is CCCCC[C@H]1CC[C@H](CC[C@H]2CC[C@H](CCc3ccc(OCCCC)cn3)CC2)CC1. The van der Waals surface area contributed by atoms with E-state index in [1.165, 1.54) is 108 Å². The Kier molecular flexibility index (Phi) is 12.0. The molecule has 0 radical (unpaired) electrons. The molecule has 0 N–H and O–H groups in total. The standard InChI is InChI=1S/C30H51NO/c1-3-5-7-8-25-9-11-26(12-10-25)13-14-27-15-17-28(18-16-27)19-20-29-21-22-30(24-31-29)32-23-6-4-2/h21-22,24-28H,3-20,23H2,1-2H3/t25-,26-,27-,28-. The van der Waals surface area contributed by atoms with Crippen molar-refractivity contribution in [3.63, 3.8) is 0 Å². The Balaban J connectivity index is 1.23. The maximum atomic E-state index is 5.74. The second-order valence-electron chi connectivity index (χ2n) is 11.1. The van der Waals surface area contributed by atoms with Crippen molar-refractivity contribution in [3.8, 4) is 5.75 Å². The molecule has 2 nitrogen and oxygen atoms in total. The second kappa shape index (κ2) is 15.0. The fraction of sp³-hybridized carbons (Fsp3) is 0.833. The van der Waals surface area contributed by atoms with Gasteiger partial charge < -0.3 is 4.74 Å². The molecule has 0 aromatic carbocycles. The molecule has 1 aromatic heterocycles. The van der Waals surface area contributed by atoms with Crippen LogP contribution in [0.1, 0.15) is 129 Å². The minimum absolute atomic E-state index is 0.807. The lowest BCUT2D eigenvalue weighted by Crippen LogP contribution is -2.18. The Hall–Kier alpha value is -1.05. The van der Waals surface area contributed by atoms with Crippen molar-refractivity contribution < 1.29 is 4.74 Å². The highest BCUT2D eigenvalue weighted by atomic mass is 16.5. The Morgan fingerprint density at radius 2 is 1.25 bits per heavy atom. The van der Waals surface area contributed by atoms with E-state index in [2.05, 4.69) is 31.0 Å². The highest BCUT2D eigenvalue weighted by Crippen LogP contribution is 2.38. The Morgan fingerprint density at radius 1 is 0.688 bits per heavy atom. The van der Waals surface area contributed by atoms with Crippen LogP contribution in [-0.2, 0) is 6.42 Å². The molecule has 3 rings (SSSR count). The Bertz CT molecular complexity index is 581. The van der Waals surface area contributed by atoms with Gasteiger partial charge in [-0.15, -0.1) is 0 Å². The number of ether oxygens (including phenoxy) is 1. The summed E-state index contributed by atoms with van der Waals surface area (Å²) in [5.74, 6) is 4.98. The first-order valence-electron chi connectivity index (χ1n) is 14.3. The van der Waals surface area contributed by atoms with Gasteiger partial charge in [-0.05, 0) is 55.1 Å². The third-order valence-electron chi connectivity index (χ3n) is 8.50. The quantitative estimate of drug-likeness (QED) is 0.268. The minimum atomic E-state index is 0.807. The van der Waals surface area contributed by atoms with Crippen LogP contribution in [0.5, 0.6) is 5.75 Å². The van der Waals surface area contributed by atoms with Crippen LogP contribution in [0.15, 0.2) is 18.3 Å². The van der Waals surface area contributed by atoms with Gasteiger partial charge in [-0.2, -0.15) is 0 Å². The number of pyridine rings is 1. The van der Waals surface area contributed by atoms with Crippen LogP contribution in [0.25, 0.3) is 0 Å². The number of aryl methyl sites for hydroxylation is 1. The van der Waals surface area contributed by atoms with Crippen molar-refractivity contribution in [2.75, 3.05) is 6.61 Å². The maximum absolute atomic E-state index is 5.74. The molecule has 2 aliphatic carbocycles. The fourth-order valence-electron chi connectivity index (χ4n) is 6.10.